The fourth-order valence-electron chi connectivity index (χ4n) is 10.2. The van der Waals surface area contributed by atoms with E-state index in [4.69, 9.17) is 9.47 Å². The maximum atomic E-state index is 11.7. The summed E-state index contributed by atoms with van der Waals surface area (Å²) in [5.74, 6) is 4.92. The first-order valence-electron chi connectivity index (χ1n) is 12.4. The Morgan fingerprint density at radius 2 is 1.86 bits per heavy atom. The molecule has 29 heavy (non-hydrogen) atoms. The van der Waals surface area contributed by atoms with Gasteiger partial charge < -0.3 is 9.47 Å². The van der Waals surface area contributed by atoms with E-state index >= 15 is 0 Å². The number of carbonyl (C=O) groups excluding carboxylic acids is 1. The molecule has 5 saturated carbocycles. The molecule has 0 heterocycles. The molecule has 10 atom stereocenters. The van der Waals surface area contributed by atoms with Crippen LogP contribution in [-0.2, 0) is 14.3 Å². The lowest BCUT2D eigenvalue weighted by atomic mass is 9.45. The summed E-state index contributed by atoms with van der Waals surface area (Å²) in [5.41, 5.74) is 1.51. The van der Waals surface area contributed by atoms with Crippen LogP contribution >= 0.6 is 0 Å². The summed E-state index contributed by atoms with van der Waals surface area (Å²) in [7, 11) is 3.50. The molecule has 0 aromatic carbocycles. The summed E-state index contributed by atoms with van der Waals surface area (Å²) < 4.78 is 11.1. The molecule has 0 amide bonds. The second-order valence-corrected chi connectivity index (χ2v) is 12.1. The molecule has 1 spiro atoms. The van der Waals surface area contributed by atoms with Gasteiger partial charge >= 0.3 is 5.97 Å². The van der Waals surface area contributed by atoms with Crippen LogP contribution in [0.5, 0.6) is 0 Å². The number of hydrogen-bond acceptors (Lipinski definition) is 3. The van der Waals surface area contributed by atoms with Crippen molar-refractivity contribution >= 4 is 5.97 Å². The Kier molecular flexibility index (Phi) is 4.71. The van der Waals surface area contributed by atoms with Crippen LogP contribution in [0.4, 0.5) is 0 Å². The van der Waals surface area contributed by atoms with Gasteiger partial charge in [-0.05, 0) is 104 Å². The van der Waals surface area contributed by atoms with E-state index in [0.29, 0.717) is 34.7 Å². The van der Waals surface area contributed by atoms with Crippen LogP contribution in [0, 0.1) is 51.8 Å². The normalized spacial score (nSPS) is 53.4. The van der Waals surface area contributed by atoms with Crippen molar-refractivity contribution < 1.29 is 14.3 Å². The smallest absolute Gasteiger partial charge is 0.305 e. The third kappa shape index (κ3) is 2.55. The van der Waals surface area contributed by atoms with Gasteiger partial charge in [-0.3, -0.25) is 4.79 Å². The van der Waals surface area contributed by atoms with Gasteiger partial charge in [0.2, 0.25) is 0 Å². The maximum absolute atomic E-state index is 11.7. The van der Waals surface area contributed by atoms with Crippen LogP contribution in [0.2, 0.25) is 0 Å². The fraction of sp³-hybridized carbons (Fsp3) is 0.962. The van der Waals surface area contributed by atoms with Crippen LogP contribution in [0.1, 0.15) is 85.0 Å². The van der Waals surface area contributed by atoms with E-state index in [9.17, 15) is 4.79 Å². The summed E-state index contributed by atoms with van der Waals surface area (Å²) in [6.45, 7) is 7.68. The van der Waals surface area contributed by atoms with Crippen molar-refractivity contribution in [1.29, 1.82) is 0 Å². The van der Waals surface area contributed by atoms with Gasteiger partial charge in [-0.2, -0.15) is 0 Å². The molecule has 0 N–H and O–H groups in total. The monoisotopic (exact) mass is 402 g/mol. The van der Waals surface area contributed by atoms with Crippen molar-refractivity contribution in [3.05, 3.63) is 0 Å². The standard InChI is InChI=1S/C26H42O3/c1-16(6-9-23(27)29-5)19-7-8-20-18-14-22(28-4)26-15-17(26)10-13-25(26,3)21(18)11-12-24(19,20)2/h16-22H,6-15H2,1-5H3/t16-,17-,18?,19?,20?,21?,22-,24-,25-,26?/m1/s1. The first kappa shape index (κ1) is 20.3. The molecule has 0 aliphatic heterocycles. The number of rotatable bonds is 5. The van der Waals surface area contributed by atoms with Crippen molar-refractivity contribution in [2.24, 2.45) is 51.8 Å². The highest BCUT2D eigenvalue weighted by Gasteiger charge is 2.77. The number of esters is 1. The molecular weight excluding hydrogens is 360 g/mol. The third-order valence-corrected chi connectivity index (χ3v) is 11.6. The van der Waals surface area contributed by atoms with Gasteiger partial charge in [0.1, 0.15) is 0 Å². The van der Waals surface area contributed by atoms with Crippen LogP contribution < -0.4 is 0 Å². The average Bonchev–Trinajstić information content (AvgIpc) is 3.22. The minimum atomic E-state index is -0.0473. The zero-order valence-electron chi connectivity index (χ0n) is 19.3. The molecule has 164 valence electrons. The molecule has 3 heteroatoms. The van der Waals surface area contributed by atoms with Crippen LogP contribution in [0.25, 0.3) is 0 Å². The zero-order chi connectivity index (χ0) is 20.6. The lowest BCUT2D eigenvalue weighted by molar-refractivity contribution is -0.161. The molecule has 5 aliphatic rings. The highest BCUT2D eigenvalue weighted by atomic mass is 16.5. The quantitative estimate of drug-likeness (QED) is 0.540. The predicted octanol–water partition coefficient (Wildman–Crippen LogP) is 5.86. The number of methoxy groups -OCH3 is 2. The average molecular weight is 403 g/mol. The zero-order valence-corrected chi connectivity index (χ0v) is 19.3. The number of carbonyl (C=O) groups is 1. The lowest BCUT2D eigenvalue weighted by Crippen LogP contribution is -2.57. The van der Waals surface area contributed by atoms with Gasteiger partial charge in [0.15, 0.2) is 0 Å². The Morgan fingerprint density at radius 1 is 1.07 bits per heavy atom. The van der Waals surface area contributed by atoms with Gasteiger partial charge in [0.25, 0.3) is 0 Å². The SMILES string of the molecule is COC(=O)CC[C@@H](C)C1CCC2C3C[C@@H](OC)C45C[C@H]4CC[C@]5(C)C3CC[C@@]21C. The molecule has 0 radical (unpaired) electrons. The van der Waals surface area contributed by atoms with Gasteiger partial charge in [0.05, 0.1) is 13.2 Å². The van der Waals surface area contributed by atoms with Crippen molar-refractivity contribution in [1.82, 2.24) is 0 Å². The first-order chi connectivity index (χ1) is 13.8. The Hall–Kier alpha value is -0.570. The van der Waals surface area contributed by atoms with Gasteiger partial charge in [-0.1, -0.05) is 20.8 Å². The van der Waals surface area contributed by atoms with Crippen molar-refractivity contribution in [2.45, 2.75) is 91.1 Å². The summed E-state index contributed by atoms with van der Waals surface area (Å²) in [5, 5.41) is 0. The second kappa shape index (κ2) is 6.71. The maximum Gasteiger partial charge on any atom is 0.305 e. The molecule has 5 unspecified atom stereocenters. The van der Waals surface area contributed by atoms with Crippen molar-refractivity contribution in [3.63, 3.8) is 0 Å². The van der Waals surface area contributed by atoms with E-state index in [1.54, 1.807) is 0 Å². The molecule has 0 saturated heterocycles. The van der Waals surface area contributed by atoms with E-state index in [2.05, 4.69) is 20.8 Å². The Morgan fingerprint density at radius 3 is 2.55 bits per heavy atom. The van der Waals surface area contributed by atoms with Crippen LogP contribution in [-0.4, -0.2) is 26.3 Å². The highest BCUT2D eigenvalue weighted by Crippen LogP contribution is 2.82. The first-order valence-corrected chi connectivity index (χ1v) is 12.4. The molecule has 5 aliphatic carbocycles. The number of ether oxygens (including phenoxy) is 2. The molecule has 3 nitrogen and oxygen atoms in total. The Bertz CT molecular complexity index is 675. The van der Waals surface area contributed by atoms with E-state index in [-0.39, 0.29) is 5.97 Å². The molecule has 0 bridgehead atoms. The van der Waals surface area contributed by atoms with Gasteiger partial charge in [0, 0.05) is 18.9 Å². The van der Waals surface area contributed by atoms with E-state index in [0.717, 1.165) is 36.0 Å². The van der Waals surface area contributed by atoms with Crippen LogP contribution in [0.3, 0.4) is 0 Å². The minimum Gasteiger partial charge on any atom is -0.469 e. The highest BCUT2D eigenvalue weighted by molar-refractivity contribution is 5.69. The predicted molar refractivity (Wildman–Crippen MR) is 114 cm³/mol. The summed E-state index contributed by atoms with van der Waals surface area (Å²) in [6.07, 6.45) is 13.3. The molecule has 5 fully saturated rings. The Labute approximate surface area is 177 Å². The topological polar surface area (TPSA) is 35.5 Å². The van der Waals surface area contributed by atoms with Gasteiger partial charge in [-0.15, -0.1) is 0 Å². The Balaban J connectivity index is 1.37. The number of fused-ring (bicyclic) bond motifs is 4. The second-order valence-electron chi connectivity index (χ2n) is 12.1. The number of hydrogen-bond donors (Lipinski definition) is 0. The largest absolute Gasteiger partial charge is 0.469 e. The third-order valence-electron chi connectivity index (χ3n) is 11.6. The lowest BCUT2D eigenvalue weighted by Gasteiger charge is -2.61. The van der Waals surface area contributed by atoms with Crippen LogP contribution in [0.15, 0.2) is 0 Å². The molecular formula is C26H42O3. The van der Waals surface area contributed by atoms with E-state index in [1.807, 2.05) is 7.11 Å². The summed E-state index contributed by atoms with van der Waals surface area (Å²) in [6, 6.07) is 0. The minimum absolute atomic E-state index is 0.0473. The molecule has 0 aromatic heterocycles. The van der Waals surface area contributed by atoms with Crippen molar-refractivity contribution in [3.8, 4) is 0 Å². The van der Waals surface area contributed by atoms with Crippen molar-refractivity contribution in [2.75, 3.05) is 14.2 Å². The molecule has 0 aromatic rings. The summed E-state index contributed by atoms with van der Waals surface area (Å²) >= 11 is 0. The fourth-order valence-corrected chi connectivity index (χ4v) is 10.2. The molecule has 5 rings (SSSR count). The summed E-state index contributed by atoms with van der Waals surface area (Å²) in [4.78, 5) is 11.7. The van der Waals surface area contributed by atoms with Gasteiger partial charge in [-0.25, -0.2) is 0 Å². The van der Waals surface area contributed by atoms with E-state index in [1.165, 1.54) is 58.5 Å². The van der Waals surface area contributed by atoms with E-state index < -0.39 is 0 Å².